The Balaban J connectivity index is 2.56. The minimum absolute atomic E-state index is 0.0624. The molecule has 0 N–H and O–H groups in total. The quantitative estimate of drug-likeness (QED) is 0.351. The Bertz CT molecular complexity index is 579. The van der Waals surface area contributed by atoms with Gasteiger partial charge in [0.05, 0.1) is 16.0 Å². The number of halogens is 7. The maximum absolute atomic E-state index is 12.9. The lowest BCUT2D eigenvalue weighted by Gasteiger charge is -2.14. The highest BCUT2D eigenvalue weighted by Crippen LogP contribution is 2.65. The molecule has 1 fully saturated rings. The molecule has 0 aromatic heterocycles. The van der Waals surface area contributed by atoms with Crippen molar-refractivity contribution in [3.05, 3.63) is 47.0 Å². The minimum Gasteiger partial charge on any atom is -0.166 e. The molecule has 0 heterocycles. The second kappa shape index (κ2) is 4.91. The van der Waals surface area contributed by atoms with Gasteiger partial charge < -0.3 is 0 Å². The number of alkyl halides is 7. The van der Waals surface area contributed by atoms with Gasteiger partial charge in [0.25, 0.3) is 0 Å². The molecule has 0 aliphatic heterocycles. The first-order valence-electron chi connectivity index (χ1n) is 6.40. The first-order valence-corrected chi connectivity index (χ1v) is 6.77. The van der Waals surface area contributed by atoms with Crippen LogP contribution in [0.2, 0.25) is 0 Å². The molecule has 22 heavy (non-hydrogen) atoms. The van der Waals surface area contributed by atoms with Gasteiger partial charge in [0.1, 0.15) is 0 Å². The summed E-state index contributed by atoms with van der Waals surface area (Å²) in [5, 5.41) is 0. The van der Waals surface area contributed by atoms with E-state index in [0.29, 0.717) is 5.57 Å². The average Bonchev–Trinajstić information content (AvgIpc) is 2.89. The summed E-state index contributed by atoms with van der Waals surface area (Å²) in [6, 6.07) is 1.60. The van der Waals surface area contributed by atoms with Crippen LogP contribution >= 0.6 is 11.6 Å². The zero-order chi connectivity index (χ0) is 17.1. The maximum Gasteiger partial charge on any atom is 0.416 e. The van der Waals surface area contributed by atoms with E-state index < -0.39 is 34.3 Å². The molecule has 7 heteroatoms. The van der Waals surface area contributed by atoms with E-state index >= 15 is 0 Å². The molecule has 3 atom stereocenters. The zero-order valence-corrected chi connectivity index (χ0v) is 12.5. The topological polar surface area (TPSA) is 0 Å². The molecule has 0 bridgehead atoms. The van der Waals surface area contributed by atoms with E-state index in [1.165, 1.54) is 0 Å². The number of hydrogen-bond donors (Lipinski definition) is 0. The number of benzene rings is 1. The summed E-state index contributed by atoms with van der Waals surface area (Å²) in [7, 11) is 0. The predicted octanol–water partition coefficient (Wildman–Crippen LogP) is 6.01. The molecule has 0 nitrogen and oxygen atoms in total. The Morgan fingerprint density at radius 3 is 1.73 bits per heavy atom. The third-order valence-electron chi connectivity index (χ3n) is 3.94. The SMILES string of the molecule is C=C(C)C1C(c2cc(C(F)(F)F)cc(C(F)(F)F)c2)C1(C)Cl. The van der Waals surface area contributed by atoms with Gasteiger partial charge in [-0.25, -0.2) is 0 Å². The van der Waals surface area contributed by atoms with Crippen LogP contribution in [-0.4, -0.2) is 4.87 Å². The lowest BCUT2D eigenvalue weighted by Crippen LogP contribution is -2.12. The van der Waals surface area contributed by atoms with E-state index in [9.17, 15) is 26.3 Å². The average molecular weight is 343 g/mol. The normalized spacial score (nSPS) is 28.6. The summed E-state index contributed by atoms with van der Waals surface area (Å²) in [5.74, 6) is -0.964. The summed E-state index contributed by atoms with van der Waals surface area (Å²) < 4.78 is 77.1. The van der Waals surface area contributed by atoms with E-state index in [1.807, 2.05) is 0 Å². The van der Waals surface area contributed by atoms with Crippen molar-refractivity contribution in [2.75, 3.05) is 0 Å². The smallest absolute Gasteiger partial charge is 0.166 e. The molecule has 1 aliphatic rings. The molecule has 2 rings (SSSR count). The molecule has 1 saturated carbocycles. The van der Waals surface area contributed by atoms with E-state index in [0.717, 1.165) is 12.1 Å². The van der Waals surface area contributed by atoms with Gasteiger partial charge in [-0.2, -0.15) is 26.3 Å². The lowest BCUT2D eigenvalue weighted by molar-refractivity contribution is -0.143. The van der Waals surface area contributed by atoms with Crippen molar-refractivity contribution < 1.29 is 26.3 Å². The third-order valence-corrected chi connectivity index (χ3v) is 4.41. The molecule has 1 aromatic rings. The van der Waals surface area contributed by atoms with Crippen molar-refractivity contribution in [2.45, 2.75) is 37.0 Å². The lowest BCUT2D eigenvalue weighted by atomic mass is 9.99. The minimum atomic E-state index is -4.85. The van der Waals surface area contributed by atoms with Crippen molar-refractivity contribution in [3.63, 3.8) is 0 Å². The highest BCUT2D eigenvalue weighted by molar-refractivity contribution is 6.27. The van der Waals surface area contributed by atoms with Crippen LogP contribution in [0.4, 0.5) is 26.3 Å². The molecule has 122 valence electrons. The van der Waals surface area contributed by atoms with Crippen LogP contribution in [0.25, 0.3) is 0 Å². The van der Waals surface area contributed by atoms with Crippen LogP contribution in [0.15, 0.2) is 30.4 Å². The maximum atomic E-state index is 12.9. The predicted molar refractivity (Wildman–Crippen MR) is 71.7 cm³/mol. The van der Waals surface area contributed by atoms with Gasteiger partial charge in [0.2, 0.25) is 0 Å². The van der Waals surface area contributed by atoms with Crippen molar-refractivity contribution in [1.82, 2.24) is 0 Å². The van der Waals surface area contributed by atoms with Crippen molar-refractivity contribution >= 4 is 11.6 Å². The summed E-state index contributed by atoms with van der Waals surface area (Å²) in [4.78, 5) is -0.918. The molecular formula is C15H13ClF6. The molecule has 0 saturated heterocycles. The summed E-state index contributed by atoms with van der Waals surface area (Å²) in [5.41, 5.74) is -2.07. The Morgan fingerprint density at radius 2 is 1.45 bits per heavy atom. The van der Waals surface area contributed by atoms with Crippen molar-refractivity contribution in [3.8, 4) is 0 Å². The summed E-state index contributed by atoms with van der Waals surface area (Å²) >= 11 is 6.21. The number of rotatable bonds is 2. The first kappa shape index (κ1) is 17.2. The molecule has 0 amide bonds. The Kier molecular flexibility index (Phi) is 3.84. The van der Waals surface area contributed by atoms with E-state index in [2.05, 4.69) is 6.58 Å². The van der Waals surface area contributed by atoms with Crippen molar-refractivity contribution in [1.29, 1.82) is 0 Å². The molecule has 0 spiro atoms. The Labute approximate surface area is 128 Å². The fourth-order valence-corrected chi connectivity index (χ4v) is 3.43. The van der Waals surface area contributed by atoms with Crippen LogP contribution in [0.1, 0.15) is 36.5 Å². The van der Waals surface area contributed by atoms with Gasteiger partial charge in [-0.1, -0.05) is 12.2 Å². The van der Waals surface area contributed by atoms with Gasteiger partial charge in [-0.05, 0) is 37.6 Å². The molecular weight excluding hydrogens is 330 g/mol. The second-order valence-corrected chi connectivity index (χ2v) is 6.61. The fraction of sp³-hybridized carbons (Fsp3) is 0.467. The monoisotopic (exact) mass is 342 g/mol. The van der Waals surface area contributed by atoms with Gasteiger partial charge >= 0.3 is 12.4 Å². The van der Waals surface area contributed by atoms with Crippen molar-refractivity contribution in [2.24, 2.45) is 5.92 Å². The van der Waals surface area contributed by atoms with Gasteiger partial charge in [0, 0.05) is 11.8 Å². The van der Waals surface area contributed by atoms with Crippen LogP contribution < -0.4 is 0 Å². The van der Waals surface area contributed by atoms with E-state index in [4.69, 9.17) is 11.6 Å². The molecule has 3 unspecified atom stereocenters. The van der Waals surface area contributed by atoms with Gasteiger partial charge in [-0.15, -0.1) is 11.6 Å². The standard InChI is InChI=1S/C15H13ClF6/c1-7(2)11-12(13(11,3)16)8-4-9(14(17,18)19)6-10(5-8)15(20,21)22/h4-6,11-12H,1H2,2-3H3. The molecule has 1 aliphatic carbocycles. The van der Waals surface area contributed by atoms with Crippen LogP contribution in [0.3, 0.4) is 0 Å². The highest BCUT2D eigenvalue weighted by Gasteiger charge is 2.61. The van der Waals surface area contributed by atoms with Gasteiger partial charge in [0.15, 0.2) is 0 Å². The Hall–Kier alpha value is -1.17. The van der Waals surface area contributed by atoms with E-state index in [-0.39, 0.29) is 17.5 Å². The highest BCUT2D eigenvalue weighted by atomic mass is 35.5. The van der Waals surface area contributed by atoms with Gasteiger partial charge in [-0.3, -0.25) is 0 Å². The largest absolute Gasteiger partial charge is 0.416 e. The zero-order valence-electron chi connectivity index (χ0n) is 11.7. The van der Waals surface area contributed by atoms with Crippen LogP contribution in [-0.2, 0) is 12.4 Å². The fourth-order valence-electron chi connectivity index (χ4n) is 2.93. The molecule has 1 aromatic carbocycles. The van der Waals surface area contributed by atoms with E-state index in [1.54, 1.807) is 13.8 Å². The van der Waals surface area contributed by atoms with Crippen LogP contribution in [0.5, 0.6) is 0 Å². The number of hydrogen-bond acceptors (Lipinski definition) is 0. The Morgan fingerprint density at radius 1 is 1.05 bits per heavy atom. The number of allylic oxidation sites excluding steroid dienone is 1. The summed E-state index contributed by atoms with van der Waals surface area (Å²) in [6.07, 6.45) is -9.71. The molecule has 0 radical (unpaired) electrons. The first-order chi connectivity index (χ1) is 9.76. The van der Waals surface area contributed by atoms with Crippen LogP contribution in [0, 0.1) is 5.92 Å². The summed E-state index contributed by atoms with van der Waals surface area (Å²) in [6.45, 7) is 6.95. The second-order valence-electron chi connectivity index (χ2n) is 5.79. The third kappa shape index (κ3) is 2.98.